The molecule has 1 aliphatic carbocycles. The molecule has 0 aromatic heterocycles. The molecule has 0 atom stereocenters. The summed E-state index contributed by atoms with van der Waals surface area (Å²) in [6.45, 7) is 4.14. The van der Waals surface area contributed by atoms with E-state index >= 15 is 0 Å². The Kier molecular flexibility index (Phi) is 2.22. The van der Waals surface area contributed by atoms with E-state index in [1.54, 1.807) is 5.71 Å². The monoisotopic (exact) mass is 154 g/mol. The van der Waals surface area contributed by atoms with Gasteiger partial charge in [-0.25, -0.2) is 4.58 Å². The van der Waals surface area contributed by atoms with E-state index in [-0.39, 0.29) is 0 Å². The molecule has 1 saturated heterocycles. The molecule has 62 valence electrons. The SMILES string of the molecule is C1CCC(=[N+]2CCOCC2)C1. The first kappa shape index (κ1) is 7.29. The van der Waals surface area contributed by atoms with Crippen molar-refractivity contribution in [2.24, 2.45) is 0 Å². The van der Waals surface area contributed by atoms with E-state index in [4.69, 9.17) is 4.74 Å². The van der Waals surface area contributed by atoms with Gasteiger partial charge in [0.15, 0.2) is 18.8 Å². The van der Waals surface area contributed by atoms with Gasteiger partial charge in [-0.15, -0.1) is 0 Å². The first-order chi connectivity index (χ1) is 5.47. The van der Waals surface area contributed by atoms with Crippen LogP contribution in [0, 0.1) is 0 Å². The van der Waals surface area contributed by atoms with E-state index in [1.807, 2.05) is 0 Å². The summed E-state index contributed by atoms with van der Waals surface area (Å²) in [6.07, 6.45) is 5.51. The van der Waals surface area contributed by atoms with Gasteiger partial charge in [0.2, 0.25) is 0 Å². The van der Waals surface area contributed by atoms with Crippen LogP contribution < -0.4 is 0 Å². The van der Waals surface area contributed by atoms with Gasteiger partial charge in [0, 0.05) is 12.8 Å². The molecule has 1 saturated carbocycles. The molecule has 2 heteroatoms. The Hall–Kier alpha value is -0.370. The van der Waals surface area contributed by atoms with Gasteiger partial charge in [-0.2, -0.15) is 0 Å². The van der Waals surface area contributed by atoms with E-state index < -0.39 is 0 Å². The Labute approximate surface area is 67.9 Å². The van der Waals surface area contributed by atoms with Crippen LogP contribution in [0.3, 0.4) is 0 Å². The summed E-state index contributed by atoms with van der Waals surface area (Å²) in [5.41, 5.74) is 1.69. The number of rotatable bonds is 0. The molecule has 2 rings (SSSR count). The molecule has 0 aromatic rings. The predicted octanol–water partition coefficient (Wildman–Crippen LogP) is 1.04. The zero-order chi connectivity index (χ0) is 7.52. The van der Waals surface area contributed by atoms with E-state index in [0.29, 0.717) is 0 Å². The second-order valence-electron chi connectivity index (χ2n) is 3.37. The summed E-state index contributed by atoms with van der Waals surface area (Å²) >= 11 is 0. The lowest BCUT2D eigenvalue weighted by Gasteiger charge is -2.12. The smallest absolute Gasteiger partial charge is 0.166 e. The Morgan fingerprint density at radius 1 is 1.00 bits per heavy atom. The van der Waals surface area contributed by atoms with Crippen LogP contribution >= 0.6 is 0 Å². The van der Waals surface area contributed by atoms with Crippen LogP contribution in [0.25, 0.3) is 0 Å². The van der Waals surface area contributed by atoms with Gasteiger partial charge >= 0.3 is 0 Å². The van der Waals surface area contributed by atoms with E-state index in [2.05, 4.69) is 4.58 Å². The fraction of sp³-hybridized carbons (Fsp3) is 0.889. The van der Waals surface area contributed by atoms with E-state index in [0.717, 1.165) is 26.3 Å². The van der Waals surface area contributed by atoms with Crippen molar-refractivity contribution in [3.8, 4) is 0 Å². The Balaban J connectivity index is 2.03. The normalized spacial score (nSPS) is 26.2. The Morgan fingerprint density at radius 3 is 2.27 bits per heavy atom. The highest BCUT2D eigenvalue weighted by atomic mass is 16.5. The summed E-state index contributed by atoms with van der Waals surface area (Å²) in [6, 6.07) is 0. The molecular formula is C9H16NO+. The van der Waals surface area contributed by atoms with Crippen LogP contribution in [0.15, 0.2) is 0 Å². The lowest BCUT2D eigenvalue weighted by molar-refractivity contribution is -0.550. The summed E-state index contributed by atoms with van der Waals surface area (Å²) in [5, 5.41) is 0. The molecule has 0 N–H and O–H groups in total. The zero-order valence-corrected chi connectivity index (χ0v) is 7.01. The van der Waals surface area contributed by atoms with Gasteiger partial charge in [0.05, 0.1) is 0 Å². The average Bonchev–Trinajstić information content (AvgIpc) is 2.58. The minimum Gasteiger partial charge on any atom is -0.368 e. The number of morpholine rings is 1. The molecule has 1 aliphatic heterocycles. The molecule has 2 aliphatic rings. The molecule has 0 amide bonds. The summed E-state index contributed by atoms with van der Waals surface area (Å²) < 4.78 is 7.83. The minimum absolute atomic E-state index is 0.934. The van der Waals surface area contributed by atoms with Crippen molar-refractivity contribution in [3.63, 3.8) is 0 Å². The quantitative estimate of drug-likeness (QED) is 0.475. The third kappa shape index (κ3) is 1.62. The molecule has 1 heterocycles. The molecular weight excluding hydrogens is 138 g/mol. The van der Waals surface area contributed by atoms with Gasteiger partial charge in [0.25, 0.3) is 0 Å². The second-order valence-corrected chi connectivity index (χ2v) is 3.37. The summed E-state index contributed by atoms with van der Waals surface area (Å²) in [4.78, 5) is 0. The fourth-order valence-electron chi connectivity index (χ4n) is 1.98. The van der Waals surface area contributed by atoms with Crippen LogP contribution in [-0.2, 0) is 4.74 Å². The Bertz CT molecular complexity index is 158. The van der Waals surface area contributed by atoms with Gasteiger partial charge < -0.3 is 4.74 Å². The van der Waals surface area contributed by atoms with Gasteiger partial charge in [0.1, 0.15) is 13.2 Å². The van der Waals surface area contributed by atoms with E-state index in [9.17, 15) is 0 Å². The van der Waals surface area contributed by atoms with E-state index in [1.165, 1.54) is 25.7 Å². The molecule has 0 spiro atoms. The molecule has 0 unspecified atom stereocenters. The lowest BCUT2D eigenvalue weighted by Crippen LogP contribution is -2.32. The molecule has 0 aromatic carbocycles. The maximum atomic E-state index is 5.30. The largest absolute Gasteiger partial charge is 0.368 e. The Morgan fingerprint density at radius 2 is 1.64 bits per heavy atom. The molecule has 2 nitrogen and oxygen atoms in total. The van der Waals surface area contributed by atoms with Crippen molar-refractivity contribution < 1.29 is 9.31 Å². The van der Waals surface area contributed by atoms with Crippen molar-refractivity contribution in [2.75, 3.05) is 26.3 Å². The highest BCUT2D eigenvalue weighted by Gasteiger charge is 2.21. The summed E-state index contributed by atoms with van der Waals surface area (Å²) in [7, 11) is 0. The van der Waals surface area contributed by atoms with Crippen molar-refractivity contribution in [1.82, 2.24) is 0 Å². The van der Waals surface area contributed by atoms with Crippen molar-refractivity contribution >= 4 is 5.71 Å². The second kappa shape index (κ2) is 3.35. The highest BCUT2D eigenvalue weighted by Crippen LogP contribution is 2.14. The zero-order valence-electron chi connectivity index (χ0n) is 7.01. The highest BCUT2D eigenvalue weighted by molar-refractivity contribution is 5.81. The van der Waals surface area contributed by atoms with Crippen LogP contribution in [-0.4, -0.2) is 36.6 Å². The maximum absolute atomic E-state index is 5.30. The standard InChI is InChI=1S/C9H16NO/c1-2-4-9(3-1)10-5-7-11-8-6-10/h1-8H2/q+1. The summed E-state index contributed by atoms with van der Waals surface area (Å²) in [5.74, 6) is 0. The number of nitrogens with zero attached hydrogens (tertiary/aromatic N) is 1. The van der Waals surface area contributed by atoms with Crippen LogP contribution in [0.4, 0.5) is 0 Å². The van der Waals surface area contributed by atoms with Crippen molar-refractivity contribution in [1.29, 1.82) is 0 Å². The molecule has 11 heavy (non-hydrogen) atoms. The van der Waals surface area contributed by atoms with Gasteiger partial charge in [-0.3, -0.25) is 0 Å². The van der Waals surface area contributed by atoms with Crippen molar-refractivity contribution in [2.45, 2.75) is 25.7 Å². The minimum atomic E-state index is 0.934. The number of hydrogen-bond donors (Lipinski definition) is 0. The molecule has 2 fully saturated rings. The van der Waals surface area contributed by atoms with Crippen molar-refractivity contribution in [3.05, 3.63) is 0 Å². The first-order valence-corrected chi connectivity index (χ1v) is 4.64. The molecule has 0 radical (unpaired) electrons. The van der Waals surface area contributed by atoms with Gasteiger partial charge in [-0.1, -0.05) is 0 Å². The fourth-order valence-corrected chi connectivity index (χ4v) is 1.98. The van der Waals surface area contributed by atoms with Crippen LogP contribution in [0.1, 0.15) is 25.7 Å². The predicted molar refractivity (Wildman–Crippen MR) is 44.3 cm³/mol. The number of ether oxygens (including phenoxy) is 1. The third-order valence-corrected chi connectivity index (χ3v) is 2.64. The number of hydrogen-bond acceptors (Lipinski definition) is 1. The first-order valence-electron chi connectivity index (χ1n) is 4.64. The van der Waals surface area contributed by atoms with Crippen LogP contribution in [0.5, 0.6) is 0 Å². The topological polar surface area (TPSA) is 12.2 Å². The van der Waals surface area contributed by atoms with Crippen LogP contribution in [0.2, 0.25) is 0 Å². The average molecular weight is 154 g/mol. The maximum Gasteiger partial charge on any atom is 0.166 e. The lowest BCUT2D eigenvalue weighted by atomic mass is 10.3. The van der Waals surface area contributed by atoms with Gasteiger partial charge in [-0.05, 0) is 12.8 Å². The molecule has 0 bridgehead atoms. The third-order valence-electron chi connectivity index (χ3n) is 2.64.